The van der Waals surface area contributed by atoms with Crippen molar-refractivity contribution in [2.75, 3.05) is 19.6 Å². The molecule has 1 amide bonds. The Morgan fingerprint density at radius 1 is 1.33 bits per heavy atom. The first-order valence-corrected chi connectivity index (χ1v) is 7.67. The molecule has 2 fully saturated rings. The summed E-state index contributed by atoms with van der Waals surface area (Å²) in [6.45, 7) is 7.32. The highest BCUT2D eigenvalue weighted by molar-refractivity contribution is 5.78. The second kappa shape index (κ2) is 6.55. The molecule has 1 saturated carbocycles. The van der Waals surface area contributed by atoms with Crippen molar-refractivity contribution in [3.8, 4) is 0 Å². The number of hydrogen-bond donors (Lipinski definition) is 2. The molecule has 3 heteroatoms. The van der Waals surface area contributed by atoms with Gasteiger partial charge in [-0.25, -0.2) is 0 Å². The lowest BCUT2D eigenvalue weighted by Gasteiger charge is -2.32. The Hall–Kier alpha value is -0.570. The molecule has 0 bridgehead atoms. The van der Waals surface area contributed by atoms with Gasteiger partial charge in [0.25, 0.3) is 0 Å². The first-order chi connectivity index (χ1) is 8.68. The first-order valence-electron chi connectivity index (χ1n) is 7.67. The SMILES string of the molecule is CC1CCCCC1CCNC(=O)C(C)C1CNC1. The Balaban J connectivity index is 1.63. The first kappa shape index (κ1) is 13.9. The van der Waals surface area contributed by atoms with Crippen molar-refractivity contribution in [3.05, 3.63) is 0 Å². The van der Waals surface area contributed by atoms with Crippen LogP contribution in [0.25, 0.3) is 0 Å². The largest absolute Gasteiger partial charge is 0.356 e. The molecule has 3 nitrogen and oxygen atoms in total. The fraction of sp³-hybridized carbons (Fsp3) is 0.933. The van der Waals surface area contributed by atoms with Gasteiger partial charge in [-0.05, 0) is 37.3 Å². The van der Waals surface area contributed by atoms with Gasteiger partial charge in [0.15, 0.2) is 0 Å². The van der Waals surface area contributed by atoms with Gasteiger partial charge in [0.1, 0.15) is 0 Å². The van der Waals surface area contributed by atoms with E-state index in [1.165, 1.54) is 32.1 Å². The Labute approximate surface area is 111 Å². The molecule has 0 aromatic heterocycles. The third-order valence-electron chi connectivity index (χ3n) is 5.04. The van der Waals surface area contributed by atoms with Crippen LogP contribution in [0.2, 0.25) is 0 Å². The fourth-order valence-corrected chi connectivity index (χ4v) is 3.24. The molecule has 1 aliphatic heterocycles. The van der Waals surface area contributed by atoms with E-state index in [0.717, 1.165) is 31.5 Å². The van der Waals surface area contributed by atoms with Crippen LogP contribution in [0.4, 0.5) is 0 Å². The van der Waals surface area contributed by atoms with Crippen molar-refractivity contribution in [2.24, 2.45) is 23.7 Å². The summed E-state index contributed by atoms with van der Waals surface area (Å²) in [5.41, 5.74) is 0. The van der Waals surface area contributed by atoms with Crippen molar-refractivity contribution in [3.63, 3.8) is 0 Å². The van der Waals surface area contributed by atoms with Crippen LogP contribution < -0.4 is 10.6 Å². The lowest BCUT2D eigenvalue weighted by atomic mass is 9.78. The number of rotatable bonds is 5. The number of nitrogens with one attached hydrogen (secondary N) is 2. The maximum absolute atomic E-state index is 12.0. The Morgan fingerprint density at radius 2 is 2.06 bits per heavy atom. The fourth-order valence-electron chi connectivity index (χ4n) is 3.24. The van der Waals surface area contributed by atoms with E-state index in [4.69, 9.17) is 0 Å². The summed E-state index contributed by atoms with van der Waals surface area (Å²) in [7, 11) is 0. The zero-order valence-corrected chi connectivity index (χ0v) is 11.9. The lowest BCUT2D eigenvalue weighted by Crippen LogP contribution is -2.49. The quantitative estimate of drug-likeness (QED) is 0.787. The lowest BCUT2D eigenvalue weighted by molar-refractivity contribution is -0.126. The van der Waals surface area contributed by atoms with E-state index in [9.17, 15) is 4.79 Å². The number of carbonyl (C=O) groups is 1. The molecular weight excluding hydrogens is 224 g/mol. The van der Waals surface area contributed by atoms with Crippen LogP contribution in [0.5, 0.6) is 0 Å². The van der Waals surface area contributed by atoms with Gasteiger partial charge < -0.3 is 10.6 Å². The predicted molar refractivity (Wildman–Crippen MR) is 74.3 cm³/mol. The van der Waals surface area contributed by atoms with E-state index in [0.29, 0.717) is 5.92 Å². The second-order valence-electron chi connectivity index (χ2n) is 6.31. The monoisotopic (exact) mass is 252 g/mol. The molecule has 2 rings (SSSR count). The van der Waals surface area contributed by atoms with Crippen LogP contribution in [0.1, 0.15) is 46.0 Å². The van der Waals surface area contributed by atoms with Gasteiger partial charge in [0, 0.05) is 12.5 Å². The molecule has 3 unspecified atom stereocenters. The summed E-state index contributed by atoms with van der Waals surface area (Å²) in [5, 5.41) is 6.36. The minimum Gasteiger partial charge on any atom is -0.356 e. The predicted octanol–water partition coefficient (Wildman–Crippen LogP) is 2.17. The summed E-state index contributed by atoms with van der Waals surface area (Å²) < 4.78 is 0. The van der Waals surface area contributed by atoms with Crippen LogP contribution in [0, 0.1) is 23.7 Å². The third kappa shape index (κ3) is 3.47. The molecule has 3 atom stereocenters. The zero-order valence-electron chi connectivity index (χ0n) is 11.9. The minimum absolute atomic E-state index is 0.176. The highest BCUT2D eigenvalue weighted by Gasteiger charge is 2.28. The van der Waals surface area contributed by atoms with Crippen LogP contribution in [-0.2, 0) is 4.79 Å². The molecule has 0 aromatic carbocycles. The van der Waals surface area contributed by atoms with E-state index >= 15 is 0 Å². The van der Waals surface area contributed by atoms with Gasteiger partial charge in [-0.15, -0.1) is 0 Å². The Kier molecular flexibility index (Phi) is 5.04. The van der Waals surface area contributed by atoms with Gasteiger partial charge in [-0.1, -0.05) is 39.5 Å². The van der Waals surface area contributed by atoms with Crippen LogP contribution in [0.15, 0.2) is 0 Å². The van der Waals surface area contributed by atoms with Gasteiger partial charge in [0.05, 0.1) is 0 Å². The molecule has 0 spiro atoms. The van der Waals surface area contributed by atoms with Crippen molar-refractivity contribution in [1.29, 1.82) is 0 Å². The molecule has 18 heavy (non-hydrogen) atoms. The summed E-state index contributed by atoms with van der Waals surface area (Å²) in [5.74, 6) is 2.67. The maximum Gasteiger partial charge on any atom is 0.223 e. The van der Waals surface area contributed by atoms with E-state index in [-0.39, 0.29) is 11.8 Å². The van der Waals surface area contributed by atoms with Crippen LogP contribution >= 0.6 is 0 Å². The molecule has 1 aliphatic carbocycles. The highest BCUT2D eigenvalue weighted by atomic mass is 16.1. The van der Waals surface area contributed by atoms with E-state index in [1.54, 1.807) is 0 Å². The molecule has 1 saturated heterocycles. The number of hydrogen-bond acceptors (Lipinski definition) is 2. The molecule has 104 valence electrons. The van der Waals surface area contributed by atoms with Gasteiger partial charge in [-0.3, -0.25) is 4.79 Å². The van der Waals surface area contributed by atoms with Crippen LogP contribution in [-0.4, -0.2) is 25.5 Å². The van der Waals surface area contributed by atoms with Crippen molar-refractivity contribution >= 4 is 5.91 Å². The summed E-state index contributed by atoms with van der Waals surface area (Å²) in [4.78, 5) is 12.0. The number of amides is 1. The Morgan fingerprint density at radius 3 is 2.67 bits per heavy atom. The molecule has 0 radical (unpaired) electrons. The third-order valence-corrected chi connectivity index (χ3v) is 5.04. The standard InChI is InChI=1S/C15H28N2O/c1-11-5-3-4-6-13(11)7-8-17-15(18)12(2)14-9-16-10-14/h11-14,16H,3-10H2,1-2H3,(H,17,18). The number of carbonyl (C=O) groups excluding carboxylic acids is 1. The van der Waals surface area contributed by atoms with Gasteiger partial charge in [-0.2, -0.15) is 0 Å². The van der Waals surface area contributed by atoms with Gasteiger partial charge >= 0.3 is 0 Å². The van der Waals surface area contributed by atoms with Crippen molar-refractivity contribution < 1.29 is 4.79 Å². The smallest absolute Gasteiger partial charge is 0.223 e. The van der Waals surface area contributed by atoms with Crippen LogP contribution in [0.3, 0.4) is 0 Å². The average Bonchev–Trinajstić information content (AvgIpc) is 2.29. The van der Waals surface area contributed by atoms with Crippen molar-refractivity contribution in [1.82, 2.24) is 10.6 Å². The van der Waals surface area contributed by atoms with Crippen molar-refractivity contribution in [2.45, 2.75) is 46.0 Å². The summed E-state index contributed by atoms with van der Waals surface area (Å²) in [6.07, 6.45) is 6.69. The molecule has 0 aromatic rings. The molecule has 1 heterocycles. The normalized spacial score (nSPS) is 30.6. The summed E-state index contributed by atoms with van der Waals surface area (Å²) in [6, 6.07) is 0. The average molecular weight is 252 g/mol. The Bertz CT molecular complexity index is 276. The molecular formula is C15H28N2O. The highest BCUT2D eigenvalue weighted by Crippen LogP contribution is 2.31. The minimum atomic E-state index is 0.176. The van der Waals surface area contributed by atoms with E-state index in [1.807, 2.05) is 0 Å². The van der Waals surface area contributed by atoms with Gasteiger partial charge in [0.2, 0.25) is 5.91 Å². The zero-order chi connectivity index (χ0) is 13.0. The summed E-state index contributed by atoms with van der Waals surface area (Å²) >= 11 is 0. The molecule has 2 N–H and O–H groups in total. The second-order valence-corrected chi connectivity index (χ2v) is 6.31. The molecule has 2 aliphatic rings. The maximum atomic E-state index is 12.0. The van der Waals surface area contributed by atoms with E-state index < -0.39 is 0 Å². The topological polar surface area (TPSA) is 41.1 Å². The van der Waals surface area contributed by atoms with E-state index in [2.05, 4.69) is 24.5 Å².